The summed E-state index contributed by atoms with van der Waals surface area (Å²) in [7, 11) is 0.837. The Balaban J connectivity index is 1.81. The lowest BCUT2D eigenvalue weighted by molar-refractivity contribution is -0.0350. The Morgan fingerprint density at radius 2 is 1.88 bits per heavy atom. The number of hydrogen-bond donors (Lipinski definition) is 0. The zero-order valence-corrected chi connectivity index (χ0v) is 18.1. The third kappa shape index (κ3) is 2.78. The summed E-state index contributed by atoms with van der Waals surface area (Å²) in [5.74, 6) is 5.56. The summed E-state index contributed by atoms with van der Waals surface area (Å²) >= 11 is 0. The third-order valence-electron chi connectivity index (χ3n) is 6.78. The van der Waals surface area contributed by atoms with Crippen molar-refractivity contribution in [3.8, 4) is 11.5 Å². The van der Waals surface area contributed by atoms with Crippen molar-refractivity contribution in [3.63, 3.8) is 0 Å². The smallest absolute Gasteiger partial charge is 0.129 e. The normalized spacial score (nSPS) is 28.5. The molecule has 1 aromatic carbocycles. The van der Waals surface area contributed by atoms with E-state index in [4.69, 9.17) is 0 Å². The van der Waals surface area contributed by atoms with Gasteiger partial charge in [-0.3, -0.25) is 0 Å². The van der Waals surface area contributed by atoms with Crippen molar-refractivity contribution in [2.24, 2.45) is 24.3 Å². The Bertz CT molecular complexity index is 942. The molecule has 0 N–H and O–H groups in total. The maximum atomic E-state index is 3.56. The van der Waals surface area contributed by atoms with Crippen LogP contribution in [0.4, 0.5) is 0 Å². The summed E-state index contributed by atoms with van der Waals surface area (Å²) < 4.78 is 2.29. The Morgan fingerprint density at radius 3 is 2.58 bits per heavy atom. The van der Waals surface area contributed by atoms with Gasteiger partial charge in [-0.1, -0.05) is 63.2 Å². The van der Waals surface area contributed by atoms with Crippen LogP contribution in [0.1, 0.15) is 38.2 Å². The van der Waals surface area contributed by atoms with Crippen LogP contribution in [0, 0.1) is 28.7 Å². The van der Waals surface area contributed by atoms with Gasteiger partial charge in [0.15, 0.2) is 0 Å². The van der Waals surface area contributed by atoms with Crippen LogP contribution < -0.4 is 0 Å². The van der Waals surface area contributed by atoms with Gasteiger partial charge in [0, 0.05) is 30.1 Å². The van der Waals surface area contributed by atoms with Crippen molar-refractivity contribution in [2.45, 2.75) is 52.2 Å². The van der Waals surface area contributed by atoms with Gasteiger partial charge in [-0.2, -0.15) is 0 Å². The maximum Gasteiger partial charge on any atom is 0.129 e. The molecule has 3 aliphatic carbocycles. The molecule has 1 aromatic heterocycles. The van der Waals surface area contributed by atoms with Crippen LogP contribution in [0.2, 0.25) is 19.6 Å². The fourth-order valence-corrected chi connectivity index (χ4v) is 5.64. The maximum absolute atomic E-state index is 3.56. The largest absolute Gasteiger partial charge is 0.350 e. The van der Waals surface area contributed by atoms with Gasteiger partial charge in [0.1, 0.15) is 8.07 Å². The lowest BCUT2D eigenvalue weighted by Gasteiger charge is -2.60. The molecule has 26 heavy (non-hydrogen) atoms. The Labute approximate surface area is 159 Å². The van der Waals surface area contributed by atoms with Gasteiger partial charge in [0.05, 0.1) is 0 Å². The van der Waals surface area contributed by atoms with Crippen LogP contribution in [-0.2, 0) is 7.05 Å². The second-order valence-corrected chi connectivity index (χ2v) is 14.7. The standard InChI is InChI=1S/C24H31NSi/c1-24(2)17-14-20(18(22(24)15-17)11-9-13-26(4,5)6)21-16-25(3)23-12-8-7-10-19(21)23/h7-8,10-12,16-17,20,22H,14-15H2,1-6H3/b18-11-/t17-,20-,22-/m0/s1. The number of allylic oxidation sites excluding steroid dienone is 2. The molecule has 1 nitrogen and oxygen atoms in total. The highest BCUT2D eigenvalue weighted by Crippen LogP contribution is 2.65. The summed E-state index contributed by atoms with van der Waals surface area (Å²) in [5.41, 5.74) is 8.44. The molecule has 0 spiro atoms. The highest BCUT2D eigenvalue weighted by molar-refractivity contribution is 6.83. The Morgan fingerprint density at radius 1 is 1.15 bits per heavy atom. The van der Waals surface area contributed by atoms with E-state index in [1.165, 1.54) is 29.3 Å². The molecule has 2 aromatic rings. The van der Waals surface area contributed by atoms with E-state index in [0.29, 0.717) is 17.3 Å². The summed E-state index contributed by atoms with van der Waals surface area (Å²) in [6.07, 6.45) is 7.31. The molecule has 0 aliphatic heterocycles. The second kappa shape index (κ2) is 5.89. The van der Waals surface area contributed by atoms with Gasteiger partial charge in [-0.15, -0.1) is 5.54 Å². The molecule has 0 amide bonds. The molecule has 2 heteroatoms. The van der Waals surface area contributed by atoms with Gasteiger partial charge in [-0.25, -0.2) is 0 Å². The van der Waals surface area contributed by atoms with Crippen molar-refractivity contribution < 1.29 is 0 Å². The molecule has 0 unspecified atom stereocenters. The molecule has 1 heterocycles. The van der Waals surface area contributed by atoms with Crippen molar-refractivity contribution in [1.29, 1.82) is 0 Å². The first-order valence-corrected chi connectivity index (χ1v) is 13.4. The molecular formula is C24H31NSi. The minimum Gasteiger partial charge on any atom is -0.350 e. The molecule has 3 fully saturated rings. The first-order valence-electron chi connectivity index (χ1n) is 9.95. The summed E-state index contributed by atoms with van der Waals surface area (Å²) in [5, 5.41) is 1.42. The molecule has 136 valence electrons. The quantitative estimate of drug-likeness (QED) is 0.425. The molecule has 0 saturated heterocycles. The minimum absolute atomic E-state index is 0.438. The fraction of sp³-hybridized carbons (Fsp3) is 0.500. The average molecular weight is 362 g/mol. The van der Waals surface area contributed by atoms with Crippen molar-refractivity contribution >= 4 is 19.0 Å². The zero-order valence-electron chi connectivity index (χ0n) is 17.1. The topological polar surface area (TPSA) is 4.93 Å². The summed E-state index contributed by atoms with van der Waals surface area (Å²) in [4.78, 5) is 0. The van der Waals surface area contributed by atoms with E-state index < -0.39 is 8.07 Å². The van der Waals surface area contributed by atoms with Crippen LogP contribution in [0.5, 0.6) is 0 Å². The van der Waals surface area contributed by atoms with E-state index in [1.54, 1.807) is 5.57 Å². The van der Waals surface area contributed by atoms with Crippen LogP contribution in [0.15, 0.2) is 42.1 Å². The molecule has 3 aliphatic rings. The first kappa shape index (κ1) is 17.7. The fourth-order valence-electron chi connectivity index (χ4n) is 5.14. The average Bonchev–Trinajstić information content (AvgIpc) is 2.91. The van der Waals surface area contributed by atoms with E-state index in [9.17, 15) is 0 Å². The highest BCUT2D eigenvalue weighted by atomic mass is 28.3. The van der Waals surface area contributed by atoms with Crippen molar-refractivity contribution in [1.82, 2.24) is 4.57 Å². The number of rotatable bonds is 1. The van der Waals surface area contributed by atoms with Gasteiger partial charge >= 0.3 is 0 Å². The minimum atomic E-state index is -1.34. The van der Waals surface area contributed by atoms with Gasteiger partial charge in [0.25, 0.3) is 0 Å². The third-order valence-corrected chi connectivity index (χ3v) is 7.68. The van der Waals surface area contributed by atoms with E-state index in [1.807, 2.05) is 0 Å². The lowest BCUT2D eigenvalue weighted by atomic mass is 9.44. The van der Waals surface area contributed by atoms with Gasteiger partial charge in [0.2, 0.25) is 0 Å². The molecular weight excluding hydrogens is 330 g/mol. The highest BCUT2D eigenvalue weighted by Gasteiger charge is 2.55. The number of para-hydroxylation sites is 1. The van der Waals surface area contributed by atoms with Crippen LogP contribution in [-0.4, -0.2) is 12.6 Å². The molecule has 5 rings (SSSR count). The Kier molecular flexibility index (Phi) is 4.01. The van der Waals surface area contributed by atoms with E-state index >= 15 is 0 Å². The number of aromatic nitrogens is 1. The van der Waals surface area contributed by atoms with E-state index in [-0.39, 0.29) is 0 Å². The van der Waals surface area contributed by atoms with Crippen LogP contribution in [0.3, 0.4) is 0 Å². The van der Waals surface area contributed by atoms with Crippen molar-refractivity contribution in [3.05, 3.63) is 47.7 Å². The second-order valence-electron chi connectivity index (χ2n) is 9.97. The summed E-state index contributed by atoms with van der Waals surface area (Å²) in [6.45, 7) is 11.9. The predicted molar refractivity (Wildman–Crippen MR) is 115 cm³/mol. The van der Waals surface area contributed by atoms with Crippen molar-refractivity contribution in [2.75, 3.05) is 0 Å². The number of fused-ring (bicyclic) bond motifs is 3. The number of nitrogens with zero attached hydrogens (tertiary/aromatic N) is 1. The van der Waals surface area contributed by atoms with Gasteiger partial charge < -0.3 is 4.57 Å². The number of aryl methyl sites for hydroxylation is 1. The lowest BCUT2D eigenvalue weighted by Crippen LogP contribution is -2.51. The molecule has 3 saturated carbocycles. The van der Waals surface area contributed by atoms with Crippen LogP contribution >= 0.6 is 0 Å². The monoisotopic (exact) mass is 361 g/mol. The molecule has 3 atom stereocenters. The number of hydrogen-bond acceptors (Lipinski definition) is 0. The van der Waals surface area contributed by atoms with E-state index in [2.05, 4.69) is 93.1 Å². The predicted octanol–water partition coefficient (Wildman–Crippen LogP) is 6.14. The number of benzene rings is 1. The Hall–Kier alpha value is -1.72. The van der Waals surface area contributed by atoms with Crippen LogP contribution in [0.25, 0.3) is 10.9 Å². The molecule has 2 bridgehead atoms. The first-order chi connectivity index (χ1) is 12.2. The SMILES string of the molecule is Cn1cc([C@H]2C[C@H]3C[C@@H](/C2=C\C#C[Si](C)(C)C)C3(C)C)c2ccccc21. The molecule has 0 radical (unpaired) electrons. The van der Waals surface area contributed by atoms with E-state index in [0.717, 1.165) is 5.92 Å². The van der Waals surface area contributed by atoms with Gasteiger partial charge in [-0.05, 0) is 47.8 Å². The summed E-state index contributed by atoms with van der Waals surface area (Å²) in [6, 6.07) is 8.85. The zero-order chi connectivity index (χ0) is 18.7.